The molecule has 2 atom stereocenters. The first-order valence-corrected chi connectivity index (χ1v) is 11.9. The second kappa shape index (κ2) is 10.1. The molecule has 2 saturated heterocycles. The summed E-state index contributed by atoms with van der Waals surface area (Å²) in [5.41, 5.74) is 0.929. The van der Waals surface area contributed by atoms with E-state index in [0.29, 0.717) is 39.0 Å². The number of likely N-dealkylation sites (N-methyl/N-ethyl adjacent to an activating group) is 1. The van der Waals surface area contributed by atoms with Crippen LogP contribution in [0.1, 0.15) is 37.8 Å². The van der Waals surface area contributed by atoms with Crippen molar-refractivity contribution in [2.75, 3.05) is 43.4 Å². The van der Waals surface area contributed by atoms with Crippen LogP contribution < -0.4 is 10.2 Å². The van der Waals surface area contributed by atoms with Crippen molar-refractivity contribution in [3.05, 3.63) is 45.0 Å². The lowest BCUT2D eigenvalue weighted by Crippen LogP contribution is -2.39. The molecule has 2 fully saturated rings. The van der Waals surface area contributed by atoms with Crippen LogP contribution in [0, 0.1) is 0 Å². The molecule has 1 unspecified atom stereocenters. The molecule has 168 valence electrons. The predicted octanol–water partition coefficient (Wildman–Crippen LogP) is 5.30. The van der Waals surface area contributed by atoms with Crippen LogP contribution in [0.5, 0.6) is 0 Å². The van der Waals surface area contributed by atoms with Crippen molar-refractivity contribution in [3.63, 3.8) is 0 Å². The number of hydrogen-bond acceptors (Lipinski definition) is 6. The topological polar surface area (TPSA) is 53.5 Å². The number of nitrogens with one attached hydrogen (secondary N) is 1. The number of nitrogens with zero attached hydrogens (tertiary/aromatic N) is 4. The van der Waals surface area contributed by atoms with Gasteiger partial charge in [-0.15, -0.1) is 0 Å². The van der Waals surface area contributed by atoms with Crippen molar-refractivity contribution in [3.8, 4) is 0 Å². The Morgan fingerprint density at radius 1 is 1.06 bits per heavy atom. The van der Waals surface area contributed by atoms with Gasteiger partial charge >= 0.3 is 0 Å². The van der Waals surface area contributed by atoms with E-state index in [-0.39, 0.29) is 6.04 Å². The Morgan fingerprint density at radius 2 is 1.81 bits per heavy atom. The molecule has 1 aromatic heterocycles. The Hall–Kier alpha value is -1.31. The summed E-state index contributed by atoms with van der Waals surface area (Å²) in [7, 11) is 2.15. The molecule has 1 aromatic carbocycles. The zero-order chi connectivity index (χ0) is 22.0. The average molecular weight is 485 g/mol. The lowest BCUT2D eigenvalue weighted by molar-refractivity contribution is -0.0169. The minimum Gasteiger partial charge on any atom is -0.373 e. The van der Waals surface area contributed by atoms with Crippen molar-refractivity contribution < 1.29 is 4.74 Å². The molecule has 0 aliphatic carbocycles. The minimum absolute atomic E-state index is 0.0892. The fourth-order valence-electron chi connectivity index (χ4n) is 4.22. The van der Waals surface area contributed by atoms with E-state index >= 15 is 0 Å². The first-order chi connectivity index (χ1) is 14.9. The molecule has 0 bridgehead atoms. The third kappa shape index (κ3) is 5.74. The van der Waals surface area contributed by atoms with Gasteiger partial charge < -0.3 is 19.9 Å². The molecule has 9 heteroatoms. The molecule has 0 saturated carbocycles. The van der Waals surface area contributed by atoms with E-state index in [9.17, 15) is 0 Å². The number of anilines is 2. The van der Waals surface area contributed by atoms with E-state index in [1.54, 1.807) is 12.3 Å². The van der Waals surface area contributed by atoms with E-state index in [1.165, 1.54) is 0 Å². The quantitative estimate of drug-likeness (QED) is 0.600. The summed E-state index contributed by atoms with van der Waals surface area (Å²) in [4.78, 5) is 13.7. The maximum atomic E-state index is 6.38. The zero-order valence-corrected chi connectivity index (χ0v) is 20.1. The molecule has 0 amide bonds. The molecule has 2 aliphatic rings. The van der Waals surface area contributed by atoms with E-state index in [0.717, 1.165) is 51.0 Å². The first kappa shape index (κ1) is 22.9. The highest BCUT2D eigenvalue weighted by atomic mass is 35.5. The van der Waals surface area contributed by atoms with E-state index in [4.69, 9.17) is 44.5 Å². The first-order valence-electron chi connectivity index (χ1n) is 10.7. The lowest BCUT2D eigenvalue weighted by Gasteiger charge is -2.33. The lowest BCUT2D eigenvalue weighted by atomic mass is 10.1. The molecule has 6 nitrogen and oxygen atoms in total. The van der Waals surface area contributed by atoms with Crippen LogP contribution in [0.2, 0.25) is 15.1 Å². The molecular weight excluding hydrogens is 457 g/mol. The van der Waals surface area contributed by atoms with Crippen LogP contribution in [0.4, 0.5) is 11.8 Å². The number of rotatable bonds is 6. The van der Waals surface area contributed by atoms with Crippen LogP contribution in [0.3, 0.4) is 0 Å². The van der Waals surface area contributed by atoms with Gasteiger partial charge in [0, 0.05) is 36.2 Å². The molecule has 2 aliphatic heterocycles. The summed E-state index contributed by atoms with van der Waals surface area (Å²) in [6.45, 7) is 5.90. The third-order valence-electron chi connectivity index (χ3n) is 5.97. The second-order valence-corrected chi connectivity index (χ2v) is 9.64. The average Bonchev–Trinajstić information content (AvgIpc) is 3.14. The van der Waals surface area contributed by atoms with Crippen molar-refractivity contribution in [2.45, 2.75) is 44.4 Å². The van der Waals surface area contributed by atoms with E-state index < -0.39 is 0 Å². The highest BCUT2D eigenvalue weighted by Gasteiger charge is 2.27. The Balaban J connectivity index is 1.37. The van der Waals surface area contributed by atoms with Gasteiger partial charge in [0.2, 0.25) is 5.95 Å². The largest absolute Gasteiger partial charge is 0.373 e. The van der Waals surface area contributed by atoms with Gasteiger partial charge in [-0.1, -0.05) is 40.9 Å². The summed E-state index contributed by atoms with van der Waals surface area (Å²) < 4.78 is 6.31. The highest BCUT2D eigenvalue weighted by Crippen LogP contribution is 2.31. The Bertz CT molecular complexity index is 907. The third-order valence-corrected chi connectivity index (χ3v) is 6.81. The van der Waals surface area contributed by atoms with Gasteiger partial charge in [-0.25, -0.2) is 4.98 Å². The molecule has 4 rings (SSSR count). The zero-order valence-electron chi connectivity index (χ0n) is 17.8. The van der Waals surface area contributed by atoms with Gasteiger partial charge in [-0.3, -0.25) is 0 Å². The monoisotopic (exact) mass is 483 g/mol. The van der Waals surface area contributed by atoms with Crippen molar-refractivity contribution in [1.82, 2.24) is 14.9 Å². The SMILES string of the molecule is CC(Nc1nc(N2CCC(O[C@H]3CCN(C)C3)CC2)ncc1Cl)c1ccc(Cl)cc1Cl. The molecule has 0 radical (unpaired) electrons. The Labute approximate surface area is 198 Å². The number of halogens is 3. The number of ether oxygens (including phenoxy) is 1. The van der Waals surface area contributed by atoms with Gasteiger partial charge in [-0.05, 0) is 50.9 Å². The maximum absolute atomic E-state index is 6.38. The number of piperidine rings is 1. The maximum Gasteiger partial charge on any atom is 0.227 e. The van der Waals surface area contributed by atoms with Gasteiger partial charge in [0.15, 0.2) is 5.82 Å². The summed E-state index contributed by atoms with van der Waals surface area (Å²) in [5.74, 6) is 1.28. The molecule has 3 heterocycles. The molecule has 1 N–H and O–H groups in total. The number of aromatic nitrogens is 2. The fourth-order valence-corrected chi connectivity index (χ4v) is 4.93. The van der Waals surface area contributed by atoms with Crippen LogP contribution in [0.15, 0.2) is 24.4 Å². The van der Waals surface area contributed by atoms with Crippen molar-refractivity contribution in [1.29, 1.82) is 0 Å². The second-order valence-electron chi connectivity index (χ2n) is 8.39. The Kier molecular flexibility index (Phi) is 7.44. The van der Waals surface area contributed by atoms with Crippen LogP contribution in [0.25, 0.3) is 0 Å². The van der Waals surface area contributed by atoms with Gasteiger partial charge in [0.25, 0.3) is 0 Å². The highest BCUT2D eigenvalue weighted by molar-refractivity contribution is 6.35. The summed E-state index contributed by atoms with van der Waals surface area (Å²) in [6.07, 6.45) is 5.41. The normalized spacial score (nSPS) is 21.5. The Morgan fingerprint density at radius 3 is 2.48 bits per heavy atom. The van der Waals surface area contributed by atoms with Crippen molar-refractivity contribution >= 4 is 46.6 Å². The number of benzene rings is 1. The van der Waals surface area contributed by atoms with Gasteiger partial charge in [0.05, 0.1) is 24.4 Å². The van der Waals surface area contributed by atoms with Crippen LogP contribution in [-0.2, 0) is 4.74 Å². The summed E-state index contributed by atoms with van der Waals surface area (Å²) in [5, 5.41) is 5.05. The molecular formula is C22H28Cl3N5O. The number of likely N-dealkylation sites (tertiary alicyclic amines) is 1. The molecule has 2 aromatic rings. The summed E-state index contributed by atoms with van der Waals surface area (Å²) >= 11 is 18.7. The van der Waals surface area contributed by atoms with Crippen molar-refractivity contribution in [2.24, 2.45) is 0 Å². The van der Waals surface area contributed by atoms with Crippen LogP contribution >= 0.6 is 34.8 Å². The number of hydrogen-bond donors (Lipinski definition) is 1. The van der Waals surface area contributed by atoms with Crippen LogP contribution in [-0.4, -0.2) is 60.3 Å². The standard InChI is InChI=1S/C22H28Cl3N5O/c1-14(18-4-3-15(23)11-19(18)24)27-21-20(25)12-26-22(28-21)30-9-6-16(7-10-30)31-17-5-8-29(2)13-17/h3-4,11-12,14,16-17H,5-10,13H2,1-2H3,(H,26,27,28)/t14?,17-/m0/s1. The smallest absolute Gasteiger partial charge is 0.227 e. The van der Waals surface area contributed by atoms with E-state index in [2.05, 4.69) is 27.1 Å². The fraction of sp³-hybridized carbons (Fsp3) is 0.545. The van der Waals surface area contributed by atoms with E-state index in [1.807, 2.05) is 19.1 Å². The molecule has 31 heavy (non-hydrogen) atoms. The predicted molar refractivity (Wildman–Crippen MR) is 128 cm³/mol. The minimum atomic E-state index is -0.0892. The van der Waals surface area contributed by atoms with Gasteiger partial charge in [0.1, 0.15) is 5.02 Å². The van der Waals surface area contributed by atoms with Gasteiger partial charge in [-0.2, -0.15) is 4.98 Å². The summed E-state index contributed by atoms with van der Waals surface area (Å²) in [6, 6.07) is 5.38. The molecule has 0 spiro atoms.